The average Bonchev–Trinajstić information content (AvgIpc) is 3.38. The maximum Gasteiger partial charge on any atom is 2.00 e. The van der Waals surface area contributed by atoms with Gasteiger partial charge < -0.3 is 4.57 Å². The summed E-state index contributed by atoms with van der Waals surface area (Å²) in [6, 6.07) is 32.2. The van der Waals surface area contributed by atoms with Gasteiger partial charge in [0.15, 0.2) is 0 Å². The van der Waals surface area contributed by atoms with Gasteiger partial charge in [-0.15, -0.1) is 11.6 Å². The molecular formula is C22H17Cl2FeOP. The van der Waals surface area contributed by atoms with Gasteiger partial charge in [0.1, 0.15) is 7.14 Å². The fourth-order valence-corrected chi connectivity index (χ4v) is 6.12. The van der Waals surface area contributed by atoms with Crippen molar-refractivity contribution in [1.29, 1.82) is 0 Å². The van der Waals surface area contributed by atoms with Gasteiger partial charge in [0, 0.05) is 10.6 Å². The van der Waals surface area contributed by atoms with Crippen LogP contribution in [0.4, 0.5) is 0 Å². The molecule has 0 saturated heterocycles. The normalized spacial score (nSPS) is 10.4. The van der Waals surface area contributed by atoms with Crippen LogP contribution in [-0.2, 0) is 21.6 Å². The Bertz CT molecular complexity index is 919. The molecule has 0 spiro atoms. The first kappa shape index (κ1) is 21.8. The summed E-state index contributed by atoms with van der Waals surface area (Å²) in [5, 5.41) is 2.89. The molecule has 0 radical (unpaired) electrons. The molecule has 1 nitrogen and oxygen atoms in total. The van der Waals surface area contributed by atoms with E-state index in [1.165, 1.54) is 0 Å². The van der Waals surface area contributed by atoms with Crippen LogP contribution in [0.3, 0.4) is 0 Å². The van der Waals surface area contributed by atoms with Crippen LogP contribution in [0.15, 0.2) is 103 Å². The number of hydrogen-bond donors (Lipinski definition) is 0. The molecule has 0 aliphatic rings. The number of benzene rings is 2. The molecule has 4 rings (SSSR count). The third-order valence-electron chi connectivity index (χ3n) is 3.96. The second-order valence-corrected chi connectivity index (χ2v) is 9.14. The summed E-state index contributed by atoms with van der Waals surface area (Å²) in [6.07, 6.45) is 0. The summed E-state index contributed by atoms with van der Waals surface area (Å²) in [5.41, 5.74) is 0. The van der Waals surface area contributed by atoms with Crippen molar-refractivity contribution in [3.05, 3.63) is 113 Å². The topological polar surface area (TPSA) is 17.1 Å². The van der Waals surface area contributed by atoms with E-state index in [0.29, 0.717) is 15.3 Å². The molecule has 27 heavy (non-hydrogen) atoms. The van der Waals surface area contributed by atoms with E-state index in [2.05, 4.69) is 0 Å². The van der Waals surface area contributed by atoms with E-state index in [-0.39, 0.29) is 17.1 Å². The van der Waals surface area contributed by atoms with Crippen LogP contribution in [0.1, 0.15) is 0 Å². The molecule has 0 saturated carbocycles. The molecular weight excluding hydrogens is 438 g/mol. The van der Waals surface area contributed by atoms with Gasteiger partial charge in [-0.2, -0.15) is 41.9 Å². The van der Waals surface area contributed by atoms with E-state index in [1.54, 1.807) is 12.1 Å². The maximum absolute atomic E-state index is 13.9. The van der Waals surface area contributed by atoms with E-state index in [0.717, 1.165) is 10.6 Å². The first-order chi connectivity index (χ1) is 12.6. The standard InChI is InChI=1S/C17H12Cl2OP.C5H5.Fe/c18-15-11-12-16(17(15)19)21(20,13-7-3-1-4-8-13)14-9-5-2-6-10-14;1-2-4-5-3-1;/h1-12H;1-5H;/q2*-1;+2. The summed E-state index contributed by atoms with van der Waals surface area (Å²) in [7, 11) is -3.01. The van der Waals surface area contributed by atoms with Crippen LogP contribution in [-0.4, -0.2) is 0 Å². The molecule has 0 bridgehead atoms. The Labute approximate surface area is 180 Å². The molecule has 0 aliphatic heterocycles. The molecule has 0 N–H and O–H groups in total. The van der Waals surface area contributed by atoms with Gasteiger partial charge in [-0.3, -0.25) is 0 Å². The minimum atomic E-state index is -3.01. The predicted molar refractivity (Wildman–Crippen MR) is 113 cm³/mol. The Hall–Kier alpha value is -1.53. The monoisotopic (exact) mass is 454 g/mol. The zero-order valence-corrected chi connectivity index (χ0v) is 17.8. The SMILES string of the molecule is O=P(c1ccccc1)(c1ccccc1)[c-]1ccc(Cl)c1Cl.[Fe+2].c1cc[cH-]c1. The third-order valence-corrected chi connectivity index (χ3v) is 8.01. The first-order valence-corrected chi connectivity index (χ1v) is 10.6. The van der Waals surface area contributed by atoms with Crippen molar-refractivity contribution < 1.29 is 21.6 Å². The van der Waals surface area contributed by atoms with Gasteiger partial charge in [0.2, 0.25) is 0 Å². The minimum absolute atomic E-state index is 0. The van der Waals surface area contributed by atoms with Crippen LogP contribution in [0, 0.1) is 0 Å². The average molecular weight is 455 g/mol. The maximum atomic E-state index is 13.9. The van der Waals surface area contributed by atoms with Crippen molar-refractivity contribution in [2.75, 3.05) is 0 Å². The predicted octanol–water partition coefficient (Wildman–Crippen LogP) is 5.75. The van der Waals surface area contributed by atoms with Gasteiger partial charge in [0.25, 0.3) is 0 Å². The first-order valence-electron chi connectivity index (χ1n) is 8.13. The minimum Gasteiger partial charge on any atom is -0.322 e. The fourth-order valence-electron chi connectivity index (χ4n) is 2.69. The molecule has 5 heteroatoms. The molecule has 4 aromatic carbocycles. The molecule has 138 valence electrons. The Balaban J connectivity index is 0.000000379. The van der Waals surface area contributed by atoms with E-state index in [9.17, 15) is 4.57 Å². The molecule has 0 amide bonds. The number of rotatable bonds is 3. The molecule has 4 aromatic rings. The van der Waals surface area contributed by atoms with Crippen LogP contribution >= 0.6 is 30.3 Å². The molecule has 0 aromatic heterocycles. The van der Waals surface area contributed by atoms with Gasteiger partial charge in [-0.1, -0.05) is 76.0 Å². The summed E-state index contributed by atoms with van der Waals surface area (Å²) < 4.78 is 13.9. The smallest absolute Gasteiger partial charge is 0.322 e. The summed E-state index contributed by atoms with van der Waals surface area (Å²) in [4.78, 5) is 0. The van der Waals surface area contributed by atoms with E-state index in [1.807, 2.05) is 91.0 Å². The van der Waals surface area contributed by atoms with Crippen molar-refractivity contribution >= 4 is 46.3 Å². The van der Waals surface area contributed by atoms with Gasteiger partial charge >= 0.3 is 17.1 Å². The molecule has 0 aliphatic carbocycles. The molecule has 0 atom stereocenters. The molecule has 0 heterocycles. The number of hydrogen-bond acceptors (Lipinski definition) is 1. The fraction of sp³-hybridized carbons (Fsp3) is 0. The van der Waals surface area contributed by atoms with Gasteiger partial charge in [0.05, 0.1) is 0 Å². The van der Waals surface area contributed by atoms with Gasteiger partial charge in [-0.05, 0) is 0 Å². The zero-order chi connectivity index (χ0) is 18.4. The zero-order valence-electron chi connectivity index (χ0n) is 14.3. The van der Waals surface area contributed by atoms with Crippen molar-refractivity contribution in [3.8, 4) is 0 Å². The van der Waals surface area contributed by atoms with E-state index < -0.39 is 7.14 Å². The van der Waals surface area contributed by atoms with Crippen molar-refractivity contribution in [3.63, 3.8) is 0 Å². The van der Waals surface area contributed by atoms with Crippen LogP contribution < -0.4 is 15.9 Å². The van der Waals surface area contributed by atoms with E-state index in [4.69, 9.17) is 23.2 Å². The molecule has 0 fully saturated rings. The van der Waals surface area contributed by atoms with Crippen molar-refractivity contribution in [2.24, 2.45) is 0 Å². The Morgan fingerprint density at radius 3 is 1.56 bits per heavy atom. The Kier molecular flexibility index (Phi) is 8.17. The van der Waals surface area contributed by atoms with Crippen LogP contribution in [0.5, 0.6) is 0 Å². The summed E-state index contributed by atoms with van der Waals surface area (Å²) in [6.45, 7) is 0. The quantitative estimate of drug-likeness (QED) is 0.218. The third kappa shape index (κ3) is 4.85. The Morgan fingerprint density at radius 1 is 0.741 bits per heavy atom. The molecule has 0 unspecified atom stereocenters. The van der Waals surface area contributed by atoms with E-state index >= 15 is 0 Å². The van der Waals surface area contributed by atoms with Crippen molar-refractivity contribution in [2.45, 2.75) is 0 Å². The van der Waals surface area contributed by atoms with Crippen LogP contribution in [0.2, 0.25) is 10.0 Å². The second kappa shape index (κ2) is 10.1. The van der Waals surface area contributed by atoms with Gasteiger partial charge in [-0.25, -0.2) is 12.1 Å². The van der Waals surface area contributed by atoms with Crippen molar-refractivity contribution in [1.82, 2.24) is 0 Å². The summed E-state index contributed by atoms with van der Waals surface area (Å²) in [5.74, 6) is 0. The van der Waals surface area contributed by atoms with Crippen LogP contribution in [0.25, 0.3) is 0 Å². The summed E-state index contributed by atoms with van der Waals surface area (Å²) >= 11 is 12.3. The largest absolute Gasteiger partial charge is 2.00 e. The Morgan fingerprint density at radius 2 is 1.22 bits per heavy atom. The number of halogens is 2. The second-order valence-electron chi connectivity index (χ2n) is 5.62.